The number of fused-ring (bicyclic) bond motifs is 1. The highest BCUT2D eigenvalue weighted by Gasteiger charge is 2.20. The molecule has 0 fully saturated rings. The lowest BCUT2D eigenvalue weighted by Crippen LogP contribution is -2.24. The standard InChI is InChI=1S/C11H12N2O3S/c1-16-11(15)10(12)6-2-3-8-7(4-6)13-9(14)5-17-8/h2-4,10H,5,12H2,1H3,(H,13,14). The fourth-order valence-corrected chi connectivity index (χ4v) is 2.35. The number of thioether (sulfide) groups is 1. The van der Waals surface area contributed by atoms with Crippen molar-refractivity contribution in [2.45, 2.75) is 10.9 Å². The van der Waals surface area contributed by atoms with E-state index in [-0.39, 0.29) is 5.91 Å². The summed E-state index contributed by atoms with van der Waals surface area (Å²) >= 11 is 1.46. The molecule has 3 N–H and O–H groups in total. The molecule has 6 heteroatoms. The molecular weight excluding hydrogens is 240 g/mol. The van der Waals surface area contributed by atoms with Crippen LogP contribution in [0.15, 0.2) is 23.1 Å². The monoisotopic (exact) mass is 252 g/mol. The molecule has 1 unspecified atom stereocenters. The highest BCUT2D eigenvalue weighted by atomic mass is 32.2. The van der Waals surface area contributed by atoms with Crippen molar-refractivity contribution in [3.63, 3.8) is 0 Å². The van der Waals surface area contributed by atoms with Crippen LogP contribution in [0.25, 0.3) is 0 Å². The van der Waals surface area contributed by atoms with E-state index in [2.05, 4.69) is 10.1 Å². The topological polar surface area (TPSA) is 81.4 Å². The van der Waals surface area contributed by atoms with E-state index in [1.807, 2.05) is 6.07 Å². The van der Waals surface area contributed by atoms with Gasteiger partial charge in [0.1, 0.15) is 6.04 Å². The molecule has 1 atom stereocenters. The number of ether oxygens (including phenoxy) is 1. The van der Waals surface area contributed by atoms with Crippen LogP contribution in [-0.4, -0.2) is 24.7 Å². The third-order valence-electron chi connectivity index (χ3n) is 2.45. The predicted molar refractivity (Wildman–Crippen MR) is 64.7 cm³/mol. The van der Waals surface area contributed by atoms with Gasteiger partial charge in [0.25, 0.3) is 0 Å². The Labute approximate surface area is 103 Å². The number of esters is 1. The van der Waals surface area contributed by atoms with E-state index >= 15 is 0 Å². The van der Waals surface area contributed by atoms with Crippen LogP contribution in [0.4, 0.5) is 5.69 Å². The van der Waals surface area contributed by atoms with Gasteiger partial charge >= 0.3 is 5.97 Å². The summed E-state index contributed by atoms with van der Waals surface area (Å²) in [6.45, 7) is 0. The van der Waals surface area contributed by atoms with Crippen molar-refractivity contribution in [3.8, 4) is 0 Å². The number of methoxy groups -OCH3 is 1. The summed E-state index contributed by atoms with van der Waals surface area (Å²) in [4.78, 5) is 23.5. The highest BCUT2D eigenvalue weighted by molar-refractivity contribution is 8.00. The van der Waals surface area contributed by atoms with Crippen LogP contribution in [0, 0.1) is 0 Å². The second kappa shape index (κ2) is 4.77. The number of hydrogen-bond acceptors (Lipinski definition) is 5. The molecule has 0 radical (unpaired) electrons. The molecule has 17 heavy (non-hydrogen) atoms. The largest absolute Gasteiger partial charge is 0.468 e. The Bertz CT molecular complexity index is 476. The van der Waals surface area contributed by atoms with Gasteiger partial charge in [0.05, 0.1) is 18.6 Å². The van der Waals surface area contributed by atoms with E-state index in [1.54, 1.807) is 12.1 Å². The normalized spacial score (nSPS) is 15.8. The lowest BCUT2D eigenvalue weighted by Gasteiger charge is -2.18. The van der Waals surface area contributed by atoms with Crippen LogP contribution in [0.3, 0.4) is 0 Å². The van der Waals surface area contributed by atoms with Gasteiger partial charge in [-0.15, -0.1) is 11.8 Å². The van der Waals surface area contributed by atoms with Crippen molar-refractivity contribution in [1.29, 1.82) is 0 Å². The van der Waals surface area contributed by atoms with E-state index in [9.17, 15) is 9.59 Å². The first kappa shape index (κ1) is 11.9. The van der Waals surface area contributed by atoms with Crippen LogP contribution in [0.1, 0.15) is 11.6 Å². The Morgan fingerprint density at radius 2 is 2.35 bits per heavy atom. The van der Waals surface area contributed by atoms with E-state index < -0.39 is 12.0 Å². The number of benzene rings is 1. The maximum Gasteiger partial charge on any atom is 0.327 e. The number of carbonyl (C=O) groups is 2. The maximum atomic E-state index is 11.3. The molecular formula is C11H12N2O3S. The van der Waals surface area contributed by atoms with Crippen molar-refractivity contribution in [3.05, 3.63) is 23.8 Å². The lowest BCUT2D eigenvalue weighted by molar-refractivity contribution is -0.142. The zero-order valence-electron chi connectivity index (χ0n) is 9.23. The minimum Gasteiger partial charge on any atom is -0.468 e. The molecule has 1 aliphatic heterocycles. The molecule has 1 aromatic rings. The molecule has 0 aliphatic carbocycles. The van der Waals surface area contributed by atoms with E-state index in [4.69, 9.17) is 5.73 Å². The molecule has 0 saturated carbocycles. The number of carbonyl (C=O) groups excluding carboxylic acids is 2. The van der Waals surface area contributed by atoms with Gasteiger partial charge in [0.15, 0.2) is 0 Å². The van der Waals surface area contributed by atoms with Crippen LogP contribution < -0.4 is 11.1 Å². The Balaban J connectivity index is 2.29. The van der Waals surface area contributed by atoms with Crippen LogP contribution >= 0.6 is 11.8 Å². The van der Waals surface area contributed by atoms with Gasteiger partial charge in [0.2, 0.25) is 5.91 Å². The van der Waals surface area contributed by atoms with Gasteiger partial charge < -0.3 is 15.8 Å². The summed E-state index contributed by atoms with van der Waals surface area (Å²) in [6, 6.07) is 4.50. The van der Waals surface area contributed by atoms with Gasteiger partial charge in [-0.3, -0.25) is 9.59 Å². The quantitative estimate of drug-likeness (QED) is 0.764. The number of nitrogens with one attached hydrogen (secondary N) is 1. The fraction of sp³-hybridized carbons (Fsp3) is 0.273. The number of hydrogen-bond donors (Lipinski definition) is 2. The molecule has 0 spiro atoms. The van der Waals surface area contributed by atoms with Crippen molar-refractivity contribution in [2.24, 2.45) is 5.73 Å². The first-order chi connectivity index (χ1) is 8.11. The number of nitrogens with two attached hydrogens (primary N) is 1. The number of anilines is 1. The van der Waals surface area contributed by atoms with Gasteiger partial charge in [-0.25, -0.2) is 0 Å². The second-order valence-corrected chi connectivity index (χ2v) is 4.61. The minimum atomic E-state index is -0.825. The molecule has 0 aromatic heterocycles. The summed E-state index contributed by atoms with van der Waals surface area (Å²) in [5.74, 6) is -0.138. The van der Waals surface area contributed by atoms with Crippen LogP contribution in [0.2, 0.25) is 0 Å². The first-order valence-electron chi connectivity index (χ1n) is 5.02. The van der Waals surface area contributed by atoms with Crippen molar-refractivity contribution >= 4 is 29.3 Å². The SMILES string of the molecule is COC(=O)C(N)c1ccc2c(c1)NC(=O)CS2. The zero-order valence-corrected chi connectivity index (χ0v) is 10.0. The molecule has 2 rings (SSSR count). The van der Waals surface area contributed by atoms with Gasteiger partial charge in [-0.1, -0.05) is 6.07 Å². The number of amides is 1. The molecule has 1 amide bonds. The molecule has 0 bridgehead atoms. The van der Waals surface area contributed by atoms with Crippen molar-refractivity contribution < 1.29 is 14.3 Å². The third kappa shape index (κ3) is 2.42. The van der Waals surface area contributed by atoms with E-state index in [1.165, 1.54) is 18.9 Å². The average molecular weight is 252 g/mol. The van der Waals surface area contributed by atoms with E-state index in [0.717, 1.165) is 4.90 Å². The molecule has 5 nitrogen and oxygen atoms in total. The first-order valence-corrected chi connectivity index (χ1v) is 6.00. The van der Waals surface area contributed by atoms with E-state index in [0.29, 0.717) is 17.0 Å². The predicted octanol–water partition coefficient (Wildman–Crippen LogP) is 0.904. The molecule has 90 valence electrons. The maximum absolute atomic E-state index is 11.3. The summed E-state index contributed by atoms with van der Waals surface area (Å²) in [6.07, 6.45) is 0. The lowest BCUT2D eigenvalue weighted by atomic mass is 10.1. The summed E-state index contributed by atoms with van der Waals surface area (Å²) < 4.78 is 4.58. The average Bonchev–Trinajstić information content (AvgIpc) is 2.36. The Morgan fingerprint density at radius 3 is 3.06 bits per heavy atom. The van der Waals surface area contributed by atoms with Gasteiger partial charge in [-0.05, 0) is 17.7 Å². The van der Waals surface area contributed by atoms with Crippen LogP contribution in [-0.2, 0) is 14.3 Å². The summed E-state index contributed by atoms with van der Waals surface area (Å²) in [5, 5.41) is 2.74. The van der Waals surface area contributed by atoms with Gasteiger partial charge in [0, 0.05) is 4.90 Å². The second-order valence-electron chi connectivity index (χ2n) is 3.59. The molecule has 1 aromatic carbocycles. The van der Waals surface area contributed by atoms with Gasteiger partial charge in [-0.2, -0.15) is 0 Å². The smallest absolute Gasteiger partial charge is 0.327 e. The molecule has 1 aliphatic rings. The van der Waals surface area contributed by atoms with Crippen molar-refractivity contribution in [2.75, 3.05) is 18.2 Å². The summed E-state index contributed by atoms with van der Waals surface area (Å²) in [7, 11) is 1.29. The Hall–Kier alpha value is -1.53. The molecule has 1 heterocycles. The Kier molecular flexibility index (Phi) is 3.35. The van der Waals surface area contributed by atoms with Crippen molar-refractivity contribution in [1.82, 2.24) is 0 Å². The summed E-state index contributed by atoms with van der Waals surface area (Å²) in [5.41, 5.74) is 7.04. The number of rotatable bonds is 2. The fourth-order valence-electron chi connectivity index (χ4n) is 1.56. The third-order valence-corrected chi connectivity index (χ3v) is 3.52. The zero-order chi connectivity index (χ0) is 12.4. The highest BCUT2D eigenvalue weighted by Crippen LogP contribution is 2.33. The minimum absolute atomic E-state index is 0.0497. The molecule has 0 saturated heterocycles. The van der Waals surface area contributed by atoms with Crippen LogP contribution in [0.5, 0.6) is 0 Å². The Morgan fingerprint density at radius 1 is 1.59 bits per heavy atom.